The third-order valence-corrected chi connectivity index (χ3v) is 7.51. The lowest BCUT2D eigenvalue weighted by Crippen LogP contribution is -2.44. The van der Waals surface area contributed by atoms with Gasteiger partial charge in [0.1, 0.15) is 5.82 Å². The average molecular weight is 384 g/mol. The number of carbonyl (C=O) groups is 3. The summed E-state index contributed by atoms with van der Waals surface area (Å²) in [5.74, 6) is 0.267. The molecule has 148 valence electrons. The predicted octanol–water partition coefficient (Wildman–Crippen LogP) is 3.35. The van der Waals surface area contributed by atoms with Gasteiger partial charge in [-0.1, -0.05) is 0 Å². The molecule has 0 aromatic heterocycles. The first-order chi connectivity index (χ1) is 13.5. The fourth-order valence-electron chi connectivity index (χ4n) is 6.17. The van der Waals surface area contributed by atoms with Gasteiger partial charge < -0.3 is 5.32 Å². The number of fused-ring (bicyclic) bond motifs is 5. The van der Waals surface area contributed by atoms with Crippen molar-refractivity contribution >= 4 is 23.4 Å². The van der Waals surface area contributed by atoms with E-state index in [1.807, 2.05) is 0 Å². The fraction of sp³-hybridized carbons (Fsp3) is 0.591. The number of rotatable bonds is 3. The number of anilines is 1. The standard InChI is InChI=1S/C22H25FN2O3/c23-15-5-7-16(8-6-15)24-20(26)12-3-9-17(10-4-12)25-21(27)18-13-1-2-14(11-13)19(18)22(25)28/h5-8,12-14,17-19H,1-4,9-11H2,(H,24,26)/t12?,13-,14-,17?,18-,19-/m0/s1. The first-order valence-corrected chi connectivity index (χ1v) is 10.5. The second-order valence-corrected chi connectivity index (χ2v) is 8.93. The zero-order valence-electron chi connectivity index (χ0n) is 15.8. The summed E-state index contributed by atoms with van der Waals surface area (Å²) in [5, 5.41) is 2.84. The Kier molecular flexibility index (Phi) is 4.25. The van der Waals surface area contributed by atoms with E-state index >= 15 is 0 Å². The van der Waals surface area contributed by atoms with Crippen molar-refractivity contribution < 1.29 is 18.8 Å². The summed E-state index contributed by atoms with van der Waals surface area (Å²) in [6.07, 6.45) is 5.94. The Balaban J connectivity index is 1.20. The minimum atomic E-state index is -0.336. The largest absolute Gasteiger partial charge is 0.326 e. The number of carbonyl (C=O) groups excluding carboxylic acids is 3. The summed E-state index contributed by atoms with van der Waals surface area (Å²) in [6, 6.07) is 5.68. The molecule has 0 spiro atoms. The zero-order valence-corrected chi connectivity index (χ0v) is 15.8. The van der Waals surface area contributed by atoms with Crippen LogP contribution >= 0.6 is 0 Å². The molecule has 1 aromatic carbocycles. The maximum Gasteiger partial charge on any atom is 0.233 e. The Morgan fingerprint density at radius 2 is 1.46 bits per heavy atom. The highest BCUT2D eigenvalue weighted by Gasteiger charge is 2.61. The predicted molar refractivity (Wildman–Crippen MR) is 100 cm³/mol. The first-order valence-electron chi connectivity index (χ1n) is 10.5. The van der Waals surface area contributed by atoms with Crippen LogP contribution in [0.2, 0.25) is 0 Å². The summed E-state index contributed by atoms with van der Waals surface area (Å²) in [6.45, 7) is 0. The van der Waals surface area contributed by atoms with Crippen LogP contribution in [0.25, 0.3) is 0 Å². The molecule has 6 heteroatoms. The van der Waals surface area contributed by atoms with Gasteiger partial charge >= 0.3 is 0 Å². The summed E-state index contributed by atoms with van der Waals surface area (Å²) in [5.41, 5.74) is 0.585. The van der Waals surface area contributed by atoms with Crippen molar-refractivity contribution in [3.8, 4) is 0 Å². The van der Waals surface area contributed by atoms with Gasteiger partial charge in [0.05, 0.1) is 11.8 Å². The molecule has 3 aliphatic carbocycles. The topological polar surface area (TPSA) is 66.5 Å². The molecule has 3 saturated carbocycles. The summed E-state index contributed by atoms with van der Waals surface area (Å²) in [7, 11) is 0. The van der Waals surface area contributed by atoms with Crippen molar-refractivity contribution in [2.24, 2.45) is 29.6 Å². The molecule has 4 aliphatic rings. The third-order valence-electron chi connectivity index (χ3n) is 7.51. The lowest BCUT2D eigenvalue weighted by molar-refractivity contribution is -0.144. The Morgan fingerprint density at radius 1 is 0.893 bits per heavy atom. The number of amides is 3. The van der Waals surface area contributed by atoms with Gasteiger partial charge in [-0.25, -0.2) is 4.39 Å². The van der Waals surface area contributed by atoms with E-state index in [9.17, 15) is 18.8 Å². The number of benzene rings is 1. The molecule has 1 aliphatic heterocycles. The molecule has 0 radical (unpaired) electrons. The normalized spacial score (nSPS) is 36.7. The van der Waals surface area contributed by atoms with E-state index in [4.69, 9.17) is 0 Å². The fourth-order valence-corrected chi connectivity index (χ4v) is 6.17. The minimum Gasteiger partial charge on any atom is -0.326 e. The SMILES string of the molecule is O=C(Nc1ccc(F)cc1)C1CCC(N2C(=O)[C@H]3[C@H]4CC[C@@H](C4)[C@@H]3C2=O)CC1. The molecular formula is C22H25FN2O3. The van der Waals surface area contributed by atoms with E-state index in [1.165, 1.54) is 12.1 Å². The quantitative estimate of drug-likeness (QED) is 0.813. The first kappa shape index (κ1) is 17.8. The summed E-state index contributed by atoms with van der Waals surface area (Å²) < 4.78 is 13.0. The molecule has 1 aromatic rings. The van der Waals surface area contributed by atoms with Crippen LogP contribution in [0.15, 0.2) is 24.3 Å². The molecule has 3 amide bonds. The Hall–Kier alpha value is -2.24. The average Bonchev–Trinajstić information content (AvgIpc) is 3.38. The maximum absolute atomic E-state index is 13.0. The number of imide groups is 1. The summed E-state index contributed by atoms with van der Waals surface area (Å²) in [4.78, 5) is 40.0. The second-order valence-electron chi connectivity index (χ2n) is 8.93. The Bertz CT molecular complexity index is 788. The van der Waals surface area contributed by atoms with Crippen molar-refractivity contribution in [1.82, 2.24) is 4.90 Å². The van der Waals surface area contributed by atoms with Crippen molar-refractivity contribution in [1.29, 1.82) is 0 Å². The number of halogens is 1. The molecule has 28 heavy (non-hydrogen) atoms. The third kappa shape index (κ3) is 2.76. The van der Waals surface area contributed by atoms with Crippen LogP contribution in [-0.2, 0) is 14.4 Å². The van der Waals surface area contributed by atoms with Crippen LogP contribution in [0.4, 0.5) is 10.1 Å². The number of likely N-dealkylation sites (tertiary alicyclic amines) is 1. The van der Waals surface area contributed by atoms with Gasteiger partial charge in [-0.15, -0.1) is 0 Å². The van der Waals surface area contributed by atoms with Gasteiger partial charge in [-0.3, -0.25) is 19.3 Å². The van der Waals surface area contributed by atoms with Crippen molar-refractivity contribution in [2.75, 3.05) is 5.32 Å². The Morgan fingerprint density at radius 3 is 2.04 bits per heavy atom. The van der Waals surface area contributed by atoms with Gasteiger partial charge in [0.2, 0.25) is 17.7 Å². The van der Waals surface area contributed by atoms with Gasteiger partial charge in [-0.05, 0) is 81.0 Å². The monoisotopic (exact) mass is 384 g/mol. The van der Waals surface area contributed by atoms with Crippen LogP contribution in [0.5, 0.6) is 0 Å². The maximum atomic E-state index is 13.0. The molecule has 5 nitrogen and oxygen atoms in total. The second kappa shape index (κ2) is 6.68. The van der Waals surface area contributed by atoms with Crippen molar-refractivity contribution in [3.05, 3.63) is 30.1 Å². The van der Waals surface area contributed by atoms with Gasteiger partial charge in [0, 0.05) is 17.6 Å². The van der Waals surface area contributed by atoms with Gasteiger partial charge in [-0.2, -0.15) is 0 Å². The minimum absolute atomic E-state index is 0.0557. The number of nitrogens with zero attached hydrogens (tertiary/aromatic N) is 1. The van der Waals surface area contributed by atoms with Gasteiger partial charge in [0.15, 0.2) is 0 Å². The van der Waals surface area contributed by atoms with Crippen LogP contribution in [0.1, 0.15) is 44.9 Å². The molecule has 5 rings (SSSR count). The highest BCUT2D eigenvalue weighted by Crippen LogP contribution is 2.56. The molecule has 2 bridgehead atoms. The van der Waals surface area contributed by atoms with E-state index in [0.29, 0.717) is 43.2 Å². The van der Waals surface area contributed by atoms with Crippen molar-refractivity contribution in [3.63, 3.8) is 0 Å². The lowest BCUT2D eigenvalue weighted by Gasteiger charge is -2.33. The van der Waals surface area contributed by atoms with E-state index < -0.39 is 0 Å². The summed E-state index contributed by atoms with van der Waals surface area (Å²) >= 11 is 0. The molecule has 1 N–H and O–H groups in total. The number of hydrogen-bond donors (Lipinski definition) is 1. The van der Waals surface area contributed by atoms with Crippen LogP contribution < -0.4 is 5.32 Å². The molecule has 1 heterocycles. The molecule has 4 atom stereocenters. The number of hydrogen-bond acceptors (Lipinski definition) is 3. The van der Waals surface area contributed by atoms with E-state index in [-0.39, 0.29) is 47.3 Å². The van der Waals surface area contributed by atoms with Crippen molar-refractivity contribution in [2.45, 2.75) is 51.0 Å². The van der Waals surface area contributed by atoms with Crippen LogP contribution in [0, 0.1) is 35.4 Å². The van der Waals surface area contributed by atoms with Crippen LogP contribution in [-0.4, -0.2) is 28.7 Å². The zero-order chi connectivity index (χ0) is 19.4. The highest BCUT2D eigenvalue weighted by molar-refractivity contribution is 6.06. The van der Waals surface area contributed by atoms with Gasteiger partial charge in [0.25, 0.3) is 0 Å². The molecule has 0 unspecified atom stereocenters. The van der Waals surface area contributed by atoms with E-state index in [0.717, 1.165) is 19.3 Å². The van der Waals surface area contributed by atoms with Crippen LogP contribution in [0.3, 0.4) is 0 Å². The highest BCUT2D eigenvalue weighted by atomic mass is 19.1. The lowest BCUT2D eigenvalue weighted by atomic mass is 9.81. The smallest absolute Gasteiger partial charge is 0.233 e. The molecular weight excluding hydrogens is 359 g/mol. The molecule has 1 saturated heterocycles. The van der Waals surface area contributed by atoms with E-state index in [1.54, 1.807) is 17.0 Å². The molecule has 4 fully saturated rings. The Labute approximate surface area is 163 Å². The van der Waals surface area contributed by atoms with E-state index in [2.05, 4.69) is 5.32 Å². The number of nitrogens with one attached hydrogen (secondary N) is 1.